The minimum Gasteiger partial charge on any atom is -0.508 e. The molecule has 48 heavy (non-hydrogen) atoms. The maximum atomic E-state index is 16.8. The lowest BCUT2D eigenvalue weighted by Gasteiger charge is -2.52. The first kappa shape index (κ1) is 31.0. The Kier molecular flexibility index (Phi) is 7.19. The molecule has 0 unspecified atom stereocenters. The molecule has 5 aliphatic rings. The second kappa shape index (κ2) is 11.1. The van der Waals surface area contributed by atoms with Crippen molar-refractivity contribution >= 4 is 27.5 Å². The number of anilines is 1. The van der Waals surface area contributed by atoms with Crippen molar-refractivity contribution in [3.8, 4) is 35.4 Å². The van der Waals surface area contributed by atoms with Crippen LogP contribution in [0, 0.1) is 29.4 Å². The summed E-state index contributed by atoms with van der Waals surface area (Å²) in [6.07, 6.45) is 6.74. The number of aromatic hydroxyl groups is 1. The number of rotatable bonds is 6. The molecule has 0 amide bonds. The van der Waals surface area contributed by atoms with Crippen LogP contribution in [0.3, 0.4) is 0 Å². The number of hydrogen-bond donors (Lipinski definition) is 2. The summed E-state index contributed by atoms with van der Waals surface area (Å²) in [5, 5.41) is 15.1. The molecule has 9 rings (SSSR count). The lowest BCUT2D eigenvalue weighted by molar-refractivity contribution is -0.380. The number of hydrogen-bond acceptors (Lipinski definition) is 8. The third kappa shape index (κ3) is 5.35. The molecule has 2 N–H and O–H groups in total. The van der Waals surface area contributed by atoms with Crippen LogP contribution in [0.25, 0.3) is 32.9 Å². The second-order valence-electron chi connectivity index (χ2n) is 13.7. The predicted molar refractivity (Wildman–Crippen MR) is 167 cm³/mol. The summed E-state index contributed by atoms with van der Waals surface area (Å²) in [4.78, 5) is 15.8. The van der Waals surface area contributed by atoms with Crippen LogP contribution < -0.4 is 15.0 Å². The molecule has 4 bridgehead atoms. The van der Waals surface area contributed by atoms with Crippen LogP contribution in [0.15, 0.2) is 30.5 Å². The highest BCUT2D eigenvalue weighted by Crippen LogP contribution is 2.55. The summed E-state index contributed by atoms with van der Waals surface area (Å²) in [5.41, 5.74) is -1.80. The van der Waals surface area contributed by atoms with E-state index in [1.54, 1.807) is 0 Å². The smallest absolute Gasteiger partial charge is 0.508 e. The molecule has 8 nitrogen and oxygen atoms in total. The standard InChI is InChI=1S/C35H32F5N5O3/c1-2-23-26(36)6-3-19-13-22(46)14-24(27(19)23)29-28(37)30-25(15-41-29)31(45-16-20-4-5-21(17-45)42-20)44-32(43-30)47-18-33-7-10-34(11-8-33,12-9-33)48-35(38,39)40/h1,3,6,13-15,20-21,42,46H,4-5,7-12,16-18H2/t20-,21+,33?,34?. The number of ether oxygens (including phenoxy) is 2. The van der Waals surface area contributed by atoms with Gasteiger partial charge in [0.25, 0.3) is 0 Å². The van der Waals surface area contributed by atoms with Gasteiger partial charge in [-0.3, -0.25) is 9.72 Å². The van der Waals surface area contributed by atoms with Gasteiger partial charge in [0.1, 0.15) is 28.6 Å². The molecule has 13 heteroatoms. The fourth-order valence-corrected chi connectivity index (χ4v) is 8.30. The molecule has 3 aliphatic carbocycles. The van der Waals surface area contributed by atoms with Crippen molar-refractivity contribution < 1.29 is 36.5 Å². The number of benzene rings is 2. The number of pyridine rings is 1. The van der Waals surface area contributed by atoms with Gasteiger partial charge in [-0.25, -0.2) is 8.78 Å². The molecule has 4 aromatic rings. The Hall–Kier alpha value is -4.28. The van der Waals surface area contributed by atoms with Crippen molar-refractivity contribution in [3.63, 3.8) is 0 Å². The molecule has 0 radical (unpaired) electrons. The highest BCUT2D eigenvalue weighted by molar-refractivity contribution is 6.03. The maximum absolute atomic E-state index is 16.8. The van der Waals surface area contributed by atoms with Crippen LogP contribution in [-0.2, 0) is 4.74 Å². The number of nitrogens with zero attached hydrogens (tertiary/aromatic N) is 4. The molecule has 5 fully saturated rings. The molecule has 250 valence electrons. The van der Waals surface area contributed by atoms with E-state index in [9.17, 15) is 22.7 Å². The van der Waals surface area contributed by atoms with E-state index in [2.05, 4.69) is 30.8 Å². The van der Waals surface area contributed by atoms with Crippen LogP contribution >= 0.6 is 0 Å². The third-order valence-electron chi connectivity index (χ3n) is 10.8. The van der Waals surface area contributed by atoms with E-state index in [0.29, 0.717) is 48.9 Å². The van der Waals surface area contributed by atoms with E-state index in [-0.39, 0.29) is 82.9 Å². The summed E-state index contributed by atoms with van der Waals surface area (Å²) in [5.74, 6) is 1.14. The van der Waals surface area contributed by atoms with Crippen molar-refractivity contribution in [2.75, 3.05) is 24.6 Å². The molecule has 3 saturated carbocycles. The number of aromatic nitrogens is 3. The molecular formula is C35H32F5N5O3. The Bertz CT molecular complexity index is 1960. The molecule has 2 saturated heterocycles. The number of piperazine rings is 1. The van der Waals surface area contributed by atoms with E-state index in [1.165, 1.54) is 30.5 Å². The molecule has 2 aromatic carbocycles. The van der Waals surface area contributed by atoms with Gasteiger partial charge in [-0.1, -0.05) is 12.0 Å². The van der Waals surface area contributed by atoms with Crippen molar-refractivity contribution in [2.24, 2.45) is 5.41 Å². The topological polar surface area (TPSA) is 92.6 Å². The van der Waals surface area contributed by atoms with Crippen LogP contribution in [0.2, 0.25) is 0 Å². The zero-order valence-corrected chi connectivity index (χ0v) is 25.8. The van der Waals surface area contributed by atoms with Crippen molar-refractivity contribution in [1.82, 2.24) is 20.3 Å². The number of nitrogens with one attached hydrogen (secondary N) is 1. The van der Waals surface area contributed by atoms with E-state index in [0.717, 1.165) is 12.8 Å². The number of phenols is 1. The maximum Gasteiger partial charge on any atom is 0.523 e. The largest absolute Gasteiger partial charge is 0.523 e. The first-order chi connectivity index (χ1) is 22.9. The normalized spacial score (nSPS) is 26.7. The fraction of sp³-hybridized carbons (Fsp3) is 0.457. The van der Waals surface area contributed by atoms with Crippen LogP contribution in [0.4, 0.5) is 27.8 Å². The molecular weight excluding hydrogens is 633 g/mol. The zero-order chi connectivity index (χ0) is 33.4. The van der Waals surface area contributed by atoms with Gasteiger partial charge in [-0.15, -0.1) is 19.6 Å². The first-order valence-electron chi connectivity index (χ1n) is 16.1. The van der Waals surface area contributed by atoms with Crippen LogP contribution in [0.1, 0.15) is 56.9 Å². The fourth-order valence-electron chi connectivity index (χ4n) is 8.30. The van der Waals surface area contributed by atoms with Gasteiger partial charge in [0.2, 0.25) is 0 Å². The number of halogens is 5. The molecule has 4 heterocycles. The average Bonchev–Trinajstić information content (AvgIpc) is 3.40. The van der Waals surface area contributed by atoms with Gasteiger partial charge < -0.3 is 20.1 Å². The SMILES string of the molecule is C#Cc1c(F)ccc2cc(O)cc(-c3ncc4c(N5C[C@H]6CC[C@@H](C5)N6)nc(OCC56CCC(OC(F)(F)F)(CC5)CC6)nc4c3F)c12. The monoisotopic (exact) mass is 665 g/mol. The lowest BCUT2D eigenvalue weighted by Crippen LogP contribution is -2.52. The van der Waals surface area contributed by atoms with Crippen LogP contribution in [0.5, 0.6) is 11.8 Å². The van der Waals surface area contributed by atoms with Crippen LogP contribution in [-0.4, -0.2) is 63.8 Å². The third-order valence-corrected chi connectivity index (χ3v) is 10.8. The Labute approximate surface area is 272 Å². The predicted octanol–water partition coefficient (Wildman–Crippen LogP) is 6.76. The van der Waals surface area contributed by atoms with Crippen molar-refractivity contribution in [2.45, 2.75) is 75.4 Å². The number of alkyl halides is 3. The number of phenolic OH excluding ortho intramolecular Hbond substituents is 1. The minimum absolute atomic E-state index is 0.0566. The molecule has 0 spiro atoms. The van der Waals surface area contributed by atoms with Gasteiger partial charge in [0, 0.05) is 47.7 Å². The lowest BCUT2D eigenvalue weighted by atomic mass is 9.59. The Morgan fingerprint density at radius 3 is 2.40 bits per heavy atom. The van der Waals surface area contributed by atoms with E-state index in [4.69, 9.17) is 16.1 Å². The van der Waals surface area contributed by atoms with Gasteiger partial charge in [0.15, 0.2) is 5.82 Å². The van der Waals surface area contributed by atoms with Crippen molar-refractivity contribution in [1.29, 1.82) is 0 Å². The van der Waals surface area contributed by atoms with Crippen molar-refractivity contribution in [3.05, 3.63) is 47.7 Å². The van der Waals surface area contributed by atoms with Gasteiger partial charge in [-0.2, -0.15) is 9.97 Å². The zero-order valence-electron chi connectivity index (χ0n) is 25.8. The van der Waals surface area contributed by atoms with Gasteiger partial charge in [0.05, 0.1) is 23.2 Å². The first-order valence-corrected chi connectivity index (χ1v) is 16.1. The van der Waals surface area contributed by atoms with E-state index >= 15 is 4.39 Å². The molecule has 2 aromatic heterocycles. The summed E-state index contributed by atoms with van der Waals surface area (Å²) < 4.78 is 81.7. The summed E-state index contributed by atoms with van der Waals surface area (Å²) >= 11 is 0. The Morgan fingerprint density at radius 1 is 1.02 bits per heavy atom. The quantitative estimate of drug-likeness (QED) is 0.173. The second-order valence-corrected chi connectivity index (χ2v) is 13.7. The van der Waals surface area contributed by atoms with Gasteiger partial charge in [-0.05, 0) is 75.0 Å². The summed E-state index contributed by atoms with van der Waals surface area (Å²) in [6.45, 7) is 1.44. The average molecular weight is 666 g/mol. The molecule has 2 atom stereocenters. The highest BCUT2D eigenvalue weighted by Gasteiger charge is 2.54. The number of terminal acetylenes is 1. The Balaban J connectivity index is 1.19. The minimum atomic E-state index is -4.69. The number of fused-ring (bicyclic) bond motifs is 7. The molecule has 2 aliphatic heterocycles. The summed E-state index contributed by atoms with van der Waals surface area (Å²) in [6, 6.07) is 5.78. The van der Waals surface area contributed by atoms with E-state index in [1.807, 2.05) is 0 Å². The van der Waals surface area contributed by atoms with E-state index < -0.39 is 23.6 Å². The highest BCUT2D eigenvalue weighted by atomic mass is 19.4. The summed E-state index contributed by atoms with van der Waals surface area (Å²) in [7, 11) is 0. The van der Waals surface area contributed by atoms with Gasteiger partial charge >= 0.3 is 12.4 Å². The Morgan fingerprint density at radius 2 is 1.73 bits per heavy atom.